The number of fused-ring (bicyclic) bond motifs is 2. The maximum Gasteiger partial charge on any atom is 0.460 e. The average molecular weight is 641 g/mol. The minimum Gasteiger partial charge on any atom is -0.459 e. The SMILES string of the molecule is CCC(C)(C)C1C(C)C2CC1C(C(C)(C)CC)C2(C)C(=O)OCC(F)(F)C(F)(F)C(F)(F)C(F)(F)C(F)(F)C(F)(F)F. The maximum atomic E-state index is 14.4. The number of ether oxygens (including phenoxy) is 1. The number of esters is 1. The highest BCUT2D eigenvalue weighted by molar-refractivity contribution is 5.78. The van der Waals surface area contributed by atoms with E-state index >= 15 is 0 Å². The van der Waals surface area contributed by atoms with Gasteiger partial charge in [0.1, 0.15) is 0 Å². The summed E-state index contributed by atoms with van der Waals surface area (Å²) in [6.45, 7) is 11.7. The highest BCUT2D eigenvalue weighted by atomic mass is 19.4. The van der Waals surface area contributed by atoms with Crippen molar-refractivity contribution in [2.45, 2.75) is 110 Å². The molecule has 2 bridgehead atoms. The van der Waals surface area contributed by atoms with Gasteiger partial charge in [0.25, 0.3) is 0 Å². The summed E-state index contributed by atoms with van der Waals surface area (Å²) in [5.74, 6) is -40.7. The molecule has 2 fully saturated rings. The fourth-order valence-corrected chi connectivity index (χ4v) is 7.73. The normalized spacial score (nSPS) is 30.2. The van der Waals surface area contributed by atoms with Crippen LogP contribution in [-0.2, 0) is 9.53 Å². The summed E-state index contributed by atoms with van der Waals surface area (Å²) in [4.78, 5) is 13.4. The number of hydrogen-bond acceptors (Lipinski definition) is 2. The third kappa shape index (κ3) is 4.88. The minimum absolute atomic E-state index is 0.0474. The molecular formula is C27H37F13O2. The van der Waals surface area contributed by atoms with E-state index in [1.165, 1.54) is 6.92 Å². The van der Waals surface area contributed by atoms with Crippen LogP contribution in [0.2, 0.25) is 0 Å². The van der Waals surface area contributed by atoms with Crippen molar-refractivity contribution in [2.24, 2.45) is 45.8 Å². The summed E-state index contributed by atoms with van der Waals surface area (Å²) >= 11 is 0. The Balaban J connectivity index is 2.46. The largest absolute Gasteiger partial charge is 0.460 e. The van der Waals surface area contributed by atoms with E-state index in [9.17, 15) is 61.9 Å². The second-order valence-electron chi connectivity index (χ2n) is 13.4. The van der Waals surface area contributed by atoms with Crippen molar-refractivity contribution >= 4 is 5.97 Å². The highest BCUT2D eigenvalue weighted by Gasteiger charge is 2.91. The summed E-state index contributed by atoms with van der Waals surface area (Å²) in [5, 5.41) is 0. The van der Waals surface area contributed by atoms with Crippen molar-refractivity contribution in [3.63, 3.8) is 0 Å². The van der Waals surface area contributed by atoms with Gasteiger partial charge in [-0.2, -0.15) is 57.1 Å². The van der Waals surface area contributed by atoms with Gasteiger partial charge in [-0.15, -0.1) is 0 Å². The van der Waals surface area contributed by atoms with Crippen molar-refractivity contribution in [3.8, 4) is 0 Å². The maximum absolute atomic E-state index is 14.4. The van der Waals surface area contributed by atoms with Crippen molar-refractivity contribution in [1.29, 1.82) is 0 Å². The molecule has 0 aliphatic heterocycles. The van der Waals surface area contributed by atoms with Crippen LogP contribution in [0.25, 0.3) is 0 Å². The molecule has 0 N–H and O–H groups in total. The van der Waals surface area contributed by atoms with E-state index in [-0.39, 0.29) is 23.2 Å². The van der Waals surface area contributed by atoms with E-state index < -0.39 is 71.0 Å². The van der Waals surface area contributed by atoms with Crippen LogP contribution < -0.4 is 0 Å². The third-order valence-corrected chi connectivity index (χ3v) is 10.4. The molecule has 6 atom stereocenters. The Bertz CT molecular complexity index is 1020. The Morgan fingerprint density at radius 2 is 1.17 bits per heavy atom. The van der Waals surface area contributed by atoms with Crippen molar-refractivity contribution in [3.05, 3.63) is 0 Å². The Kier molecular flexibility index (Phi) is 9.01. The molecule has 2 nitrogen and oxygen atoms in total. The number of alkyl halides is 13. The van der Waals surface area contributed by atoms with Crippen LogP contribution in [0, 0.1) is 45.8 Å². The van der Waals surface area contributed by atoms with Gasteiger partial charge in [0, 0.05) is 0 Å². The van der Waals surface area contributed by atoms with Gasteiger partial charge in [-0.3, -0.25) is 4.79 Å². The summed E-state index contributed by atoms with van der Waals surface area (Å²) in [5.41, 5.74) is -2.50. The Labute approximate surface area is 236 Å². The zero-order valence-electron chi connectivity index (χ0n) is 24.4. The van der Waals surface area contributed by atoms with Gasteiger partial charge < -0.3 is 4.74 Å². The monoisotopic (exact) mass is 640 g/mol. The van der Waals surface area contributed by atoms with E-state index in [0.29, 0.717) is 12.8 Å². The summed E-state index contributed by atoms with van der Waals surface area (Å²) in [7, 11) is 0. The van der Waals surface area contributed by atoms with Crippen LogP contribution in [0.3, 0.4) is 0 Å². The number of carbonyl (C=O) groups is 1. The van der Waals surface area contributed by atoms with Gasteiger partial charge in [-0.1, -0.05) is 61.3 Å². The second kappa shape index (κ2) is 10.3. The molecule has 0 aromatic carbocycles. The minimum atomic E-state index is -8.00. The zero-order chi connectivity index (χ0) is 33.5. The van der Waals surface area contributed by atoms with E-state index in [1.807, 2.05) is 27.7 Å². The average Bonchev–Trinajstić information content (AvgIpc) is 3.34. The lowest BCUT2D eigenvalue weighted by molar-refractivity contribution is -0.441. The summed E-state index contributed by atoms with van der Waals surface area (Å²) in [6.07, 6.45) is -5.84. The molecule has 2 saturated carbocycles. The standard InChI is InChI=1S/C27H37F13O2/c1-9-19(4,5)16-13(3)15-11-14(16)17(20(6,7)10-2)21(15,8)18(41)42-12-22(28,29)23(30,31)24(32,33)25(34,35)26(36,37)27(38,39)40/h13-17H,9-12H2,1-8H3. The molecule has 0 aromatic heterocycles. The molecule has 0 radical (unpaired) electrons. The number of halogens is 13. The molecule has 2 aliphatic rings. The van der Waals surface area contributed by atoms with Gasteiger partial charge in [0.2, 0.25) is 0 Å². The molecule has 248 valence electrons. The number of rotatable bonds is 11. The molecule has 6 unspecified atom stereocenters. The summed E-state index contributed by atoms with van der Waals surface area (Å²) in [6, 6.07) is 0. The Morgan fingerprint density at radius 3 is 1.57 bits per heavy atom. The topological polar surface area (TPSA) is 26.3 Å². The lowest BCUT2D eigenvalue weighted by Gasteiger charge is -2.54. The summed E-state index contributed by atoms with van der Waals surface area (Å²) < 4.78 is 180. The molecule has 42 heavy (non-hydrogen) atoms. The van der Waals surface area contributed by atoms with Gasteiger partial charge in [0.15, 0.2) is 6.61 Å². The predicted molar refractivity (Wildman–Crippen MR) is 126 cm³/mol. The first-order valence-corrected chi connectivity index (χ1v) is 13.5. The van der Waals surface area contributed by atoms with Crippen molar-refractivity contribution in [1.82, 2.24) is 0 Å². The zero-order valence-corrected chi connectivity index (χ0v) is 24.4. The smallest absolute Gasteiger partial charge is 0.459 e. The lowest BCUT2D eigenvalue weighted by Crippen LogP contribution is -2.70. The van der Waals surface area contributed by atoms with E-state index in [0.717, 1.165) is 6.42 Å². The third-order valence-electron chi connectivity index (χ3n) is 10.4. The van der Waals surface area contributed by atoms with Crippen LogP contribution in [0.5, 0.6) is 0 Å². The highest BCUT2D eigenvalue weighted by Crippen LogP contribution is 2.72. The molecular weight excluding hydrogens is 603 g/mol. The van der Waals surface area contributed by atoms with Crippen molar-refractivity contribution < 1.29 is 66.6 Å². The van der Waals surface area contributed by atoms with Gasteiger partial charge in [-0.25, -0.2) is 0 Å². The molecule has 0 aromatic rings. The van der Waals surface area contributed by atoms with E-state index in [2.05, 4.69) is 4.74 Å². The molecule has 0 spiro atoms. The molecule has 2 aliphatic carbocycles. The first-order valence-electron chi connectivity index (χ1n) is 13.5. The fourth-order valence-electron chi connectivity index (χ4n) is 7.73. The second-order valence-corrected chi connectivity index (χ2v) is 13.4. The molecule has 2 rings (SSSR count). The Morgan fingerprint density at radius 1 is 0.738 bits per heavy atom. The molecule has 0 saturated heterocycles. The first-order chi connectivity index (χ1) is 18.4. The van der Waals surface area contributed by atoms with E-state index in [1.54, 1.807) is 20.8 Å². The van der Waals surface area contributed by atoms with Crippen LogP contribution in [0.1, 0.15) is 74.7 Å². The van der Waals surface area contributed by atoms with Crippen LogP contribution >= 0.6 is 0 Å². The lowest BCUT2D eigenvalue weighted by atomic mass is 9.49. The van der Waals surface area contributed by atoms with E-state index in [4.69, 9.17) is 0 Å². The quantitative estimate of drug-likeness (QED) is 0.166. The predicted octanol–water partition coefficient (Wildman–Crippen LogP) is 9.67. The molecule has 0 heterocycles. The van der Waals surface area contributed by atoms with Gasteiger partial charge in [-0.05, 0) is 53.8 Å². The van der Waals surface area contributed by atoms with Crippen LogP contribution in [-0.4, -0.2) is 48.4 Å². The number of carbonyl (C=O) groups excluding carboxylic acids is 1. The fraction of sp³-hybridized carbons (Fsp3) is 0.963. The molecule has 15 heteroatoms. The first kappa shape index (κ1) is 36.8. The van der Waals surface area contributed by atoms with Crippen LogP contribution in [0.15, 0.2) is 0 Å². The molecule has 0 amide bonds. The van der Waals surface area contributed by atoms with Crippen LogP contribution in [0.4, 0.5) is 57.1 Å². The Hall–Kier alpha value is -1.44. The van der Waals surface area contributed by atoms with Gasteiger partial charge >= 0.3 is 41.8 Å². The number of hydrogen-bond donors (Lipinski definition) is 0. The van der Waals surface area contributed by atoms with Gasteiger partial charge in [0.05, 0.1) is 5.41 Å². The van der Waals surface area contributed by atoms with Crippen molar-refractivity contribution in [2.75, 3.05) is 6.61 Å².